The van der Waals surface area contributed by atoms with E-state index in [0.717, 1.165) is 30.4 Å². The van der Waals surface area contributed by atoms with E-state index in [2.05, 4.69) is 18.8 Å². The van der Waals surface area contributed by atoms with Crippen molar-refractivity contribution >= 4 is 5.82 Å². The van der Waals surface area contributed by atoms with Gasteiger partial charge in [-0.05, 0) is 43.2 Å². The molecule has 0 radical (unpaired) electrons. The molecule has 1 unspecified atom stereocenters. The Morgan fingerprint density at radius 2 is 2.06 bits per heavy atom. The Hall–Kier alpha value is -1.09. The van der Waals surface area contributed by atoms with E-state index in [-0.39, 0.29) is 5.41 Å². The fraction of sp³-hybridized carbons (Fsp3) is 0.615. The Kier molecular flexibility index (Phi) is 2.46. The van der Waals surface area contributed by atoms with Crippen LogP contribution in [-0.2, 0) is 5.60 Å². The predicted molar refractivity (Wildman–Crippen MR) is 64.9 cm³/mol. The Balaban J connectivity index is 2.60. The van der Waals surface area contributed by atoms with E-state index >= 15 is 0 Å². The summed E-state index contributed by atoms with van der Waals surface area (Å²) in [5, 5.41) is 10.9. The summed E-state index contributed by atoms with van der Waals surface area (Å²) in [6, 6.07) is 1.91. The highest BCUT2D eigenvalue weighted by Gasteiger charge is 2.50. The molecule has 3 nitrogen and oxygen atoms in total. The lowest BCUT2D eigenvalue weighted by Gasteiger charge is -2.38. The minimum Gasteiger partial charge on any atom is -0.384 e. The Labute approximate surface area is 96.7 Å². The Morgan fingerprint density at radius 1 is 1.38 bits per heavy atom. The fourth-order valence-corrected chi connectivity index (χ4v) is 2.91. The fourth-order valence-electron chi connectivity index (χ4n) is 2.91. The smallest absolute Gasteiger partial charge is 0.129 e. The minimum atomic E-state index is -0.824. The van der Waals surface area contributed by atoms with Crippen LogP contribution < -0.4 is 5.73 Å². The van der Waals surface area contributed by atoms with Crippen LogP contribution in [0, 0.1) is 12.3 Å². The van der Waals surface area contributed by atoms with Gasteiger partial charge < -0.3 is 10.8 Å². The van der Waals surface area contributed by atoms with E-state index in [9.17, 15) is 5.11 Å². The largest absolute Gasteiger partial charge is 0.384 e. The average Bonchev–Trinajstić information content (AvgIpc) is 2.41. The van der Waals surface area contributed by atoms with E-state index in [1.54, 1.807) is 6.20 Å². The first-order chi connectivity index (χ1) is 7.38. The number of hydrogen-bond donors (Lipinski definition) is 2. The van der Waals surface area contributed by atoms with Crippen LogP contribution in [0.3, 0.4) is 0 Å². The van der Waals surface area contributed by atoms with Gasteiger partial charge in [0.1, 0.15) is 5.82 Å². The second-order valence-corrected chi connectivity index (χ2v) is 5.49. The van der Waals surface area contributed by atoms with Crippen LogP contribution in [0.25, 0.3) is 0 Å². The van der Waals surface area contributed by atoms with Crippen LogP contribution in [-0.4, -0.2) is 10.1 Å². The van der Waals surface area contributed by atoms with E-state index in [0.29, 0.717) is 5.82 Å². The number of hydrogen-bond acceptors (Lipinski definition) is 3. The van der Waals surface area contributed by atoms with Crippen molar-refractivity contribution < 1.29 is 5.11 Å². The molecule has 0 saturated heterocycles. The number of nitrogen functional groups attached to an aromatic ring is 1. The van der Waals surface area contributed by atoms with E-state index in [1.165, 1.54) is 0 Å². The van der Waals surface area contributed by atoms with Gasteiger partial charge in [0.25, 0.3) is 0 Å². The lowest BCUT2D eigenvalue weighted by Crippen LogP contribution is -2.38. The van der Waals surface area contributed by atoms with Gasteiger partial charge in [-0.3, -0.25) is 0 Å². The van der Waals surface area contributed by atoms with Crippen molar-refractivity contribution in [3.63, 3.8) is 0 Å². The molecule has 16 heavy (non-hydrogen) atoms. The van der Waals surface area contributed by atoms with Gasteiger partial charge in [0.2, 0.25) is 0 Å². The molecule has 0 bridgehead atoms. The van der Waals surface area contributed by atoms with E-state index < -0.39 is 5.60 Å². The van der Waals surface area contributed by atoms with Gasteiger partial charge in [-0.2, -0.15) is 0 Å². The summed E-state index contributed by atoms with van der Waals surface area (Å²) < 4.78 is 0. The number of aryl methyl sites for hydroxylation is 1. The summed E-state index contributed by atoms with van der Waals surface area (Å²) in [6.07, 6.45) is 4.53. The average molecular weight is 220 g/mol. The number of anilines is 1. The third-order valence-electron chi connectivity index (χ3n) is 4.06. The molecule has 1 fully saturated rings. The number of nitrogens with two attached hydrogens (primary N) is 1. The molecule has 0 amide bonds. The topological polar surface area (TPSA) is 59.1 Å². The number of aliphatic hydroxyl groups is 1. The van der Waals surface area contributed by atoms with Crippen LogP contribution >= 0.6 is 0 Å². The third-order valence-corrected chi connectivity index (χ3v) is 4.06. The molecule has 88 valence electrons. The highest BCUT2D eigenvalue weighted by Crippen LogP contribution is 2.53. The molecule has 1 aromatic rings. The molecule has 0 aromatic carbocycles. The van der Waals surface area contributed by atoms with Gasteiger partial charge in [0, 0.05) is 11.8 Å². The van der Waals surface area contributed by atoms with Crippen molar-refractivity contribution in [2.24, 2.45) is 5.41 Å². The van der Waals surface area contributed by atoms with Crippen molar-refractivity contribution in [2.45, 2.75) is 45.6 Å². The Morgan fingerprint density at radius 3 is 2.56 bits per heavy atom. The van der Waals surface area contributed by atoms with Gasteiger partial charge in [0.05, 0.1) is 5.60 Å². The lowest BCUT2D eigenvalue weighted by atomic mass is 9.72. The molecule has 3 N–H and O–H groups in total. The molecule has 1 atom stereocenters. The highest BCUT2D eigenvalue weighted by atomic mass is 16.3. The molecule has 1 aliphatic carbocycles. The first-order valence-corrected chi connectivity index (χ1v) is 5.82. The molecule has 1 aliphatic rings. The monoisotopic (exact) mass is 220 g/mol. The zero-order valence-corrected chi connectivity index (χ0v) is 10.2. The van der Waals surface area contributed by atoms with Crippen LogP contribution in [0.5, 0.6) is 0 Å². The normalized spacial score (nSPS) is 28.2. The quantitative estimate of drug-likeness (QED) is 0.764. The second-order valence-electron chi connectivity index (χ2n) is 5.49. The van der Waals surface area contributed by atoms with Gasteiger partial charge in [0.15, 0.2) is 0 Å². The third kappa shape index (κ3) is 1.42. The maximum Gasteiger partial charge on any atom is 0.129 e. The van der Waals surface area contributed by atoms with Gasteiger partial charge >= 0.3 is 0 Å². The van der Waals surface area contributed by atoms with E-state index in [1.807, 2.05) is 13.0 Å². The summed E-state index contributed by atoms with van der Waals surface area (Å²) in [4.78, 5) is 4.11. The van der Waals surface area contributed by atoms with Crippen LogP contribution in [0.1, 0.15) is 44.2 Å². The standard InChI is InChI=1S/C13H20N2O/c1-9-5-8-15-11(14)10(9)13(16)7-4-6-12(13,2)3/h5,8,16H,4,6-7H2,1-3H3,(H2,14,15). The summed E-state index contributed by atoms with van der Waals surface area (Å²) in [5.41, 5.74) is 6.85. The molecule has 1 saturated carbocycles. The molecule has 2 rings (SSSR count). The zero-order valence-electron chi connectivity index (χ0n) is 10.2. The van der Waals surface area contributed by atoms with Crippen molar-refractivity contribution in [1.29, 1.82) is 0 Å². The zero-order chi connectivity index (χ0) is 12.0. The Bertz CT molecular complexity index is 394. The summed E-state index contributed by atoms with van der Waals surface area (Å²) in [5.74, 6) is 0.470. The molecule has 0 spiro atoms. The molecule has 3 heteroatoms. The summed E-state index contributed by atoms with van der Waals surface area (Å²) in [7, 11) is 0. The maximum atomic E-state index is 10.9. The number of aromatic nitrogens is 1. The first kappa shape index (κ1) is 11.4. The first-order valence-electron chi connectivity index (χ1n) is 5.82. The van der Waals surface area contributed by atoms with E-state index in [4.69, 9.17) is 5.73 Å². The second kappa shape index (κ2) is 3.45. The number of nitrogens with zero attached hydrogens (tertiary/aromatic N) is 1. The van der Waals surface area contributed by atoms with Crippen LogP contribution in [0.15, 0.2) is 12.3 Å². The van der Waals surface area contributed by atoms with Gasteiger partial charge in [-0.15, -0.1) is 0 Å². The van der Waals surface area contributed by atoms with Crippen molar-refractivity contribution in [1.82, 2.24) is 4.98 Å². The van der Waals surface area contributed by atoms with Crippen molar-refractivity contribution in [3.05, 3.63) is 23.4 Å². The molecular formula is C13H20N2O. The predicted octanol–water partition coefficient (Wildman–Crippen LogP) is 2.37. The highest BCUT2D eigenvalue weighted by molar-refractivity contribution is 5.49. The van der Waals surface area contributed by atoms with Gasteiger partial charge in [-0.25, -0.2) is 4.98 Å². The van der Waals surface area contributed by atoms with Crippen LogP contribution in [0.4, 0.5) is 5.82 Å². The minimum absolute atomic E-state index is 0.130. The molecule has 1 aromatic heterocycles. The SMILES string of the molecule is Cc1ccnc(N)c1C1(O)CCCC1(C)C. The van der Waals surface area contributed by atoms with Crippen LogP contribution in [0.2, 0.25) is 0 Å². The summed E-state index contributed by atoms with van der Waals surface area (Å²) in [6.45, 7) is 6.19. The molecule has 1 heterocycles. The number of pyridine rings is 1. The lowest BCUT2D eigenvalue weighted by molar-refractivity contribution is -0.0485. The summed E-state index contributed by atoms with van der Waals surface area (Å²) >= 11 is 0. The number of rotatable bonds is 1. The maximum absolute atomic E-state index is 10.9. The van der Waals surface area contributed by atoms with Gasteiger partial charge in [-0.1, -0.05) is 13.8 Å². The molecular weight excluding hydrogens is 200 g/mol. The van der Waals surface area contributed by atoms with Crippen molar-refractivity contribution in [3.8, 4) is 0 Å². The van der Waals surface area contributed by atoms with Crippen molar-refractivity contribution in [2.75, 3.05) is 5.73 Å². The molecule has 0 aliphatic heterocycles.